The summed E-state index contributed by atoms with van der Waals surface area (Å²) in [6.45, 7) is 7.95. The Balaban J connectivity index is 0.000000191. The zero-order chi connectivity index (χ0) is 45.4. The first-order valence-corrected chi connectivity index (χ1v) is 25.6. The largest absolute Gasteiger partial charge is 0.370 e. The SMILES string of the molecule is Cc1ccc(NC(=O)Nc2ncc(CS(=O)(=O)c3nccn3C)s2)c(N2CCCCC2)c1.Cc1ccc(NC(=O)Nc2ncc(CS(=O)(=O)c3nncn3C)s2)c(N2CCCCC2)c1. The van der Waals surface area contributed by atoms with Gasteiger partial charge in [-0.25, -0.2) is 41.4 Å². The number of urea groups is 2. The molecule has 0 spiro atoms. The van der Waals surface area contributed by atoms with Gasteiger partial charge in [0, 0.05) is 74.8 Å². The summed E-state index contributed by atoms with van der Waals surface area (Å²) in [5, 5.41) is 19.0. The van der Waals surface area contributed by atoms with Crippen LogP contribution in [0.25, 0.3) is 0 Å². The van der Waals surface area contributed by atoms with Gasteiger partial charge in [-0.05, 0) is 87.8 Å². The monoisotopic (exact) mass is 949 g/mol. The molecule has 4 aromatic heterocycles. The number of aryl methyl sites for hydroxylation is 4. The number of hydrogen-bond acceptors (Lipinski definition) is 15. The third-order valence-corrected chi connectivity index (χ3v) is 15.9. The van der Waals surface area contributed by atoms with Crippen LogP contribution >= 0.6 is 22.7 Å². The Morgan fingerprint density at radius 3 is 1.52 bits per heavy atom. The molecule has 0 unspecified atom stereocenters. The lowest BCUT2D eigenvalue weighted by Gasteiger charge is -2.30. The molecule has 0 bridgehead atoms. The van der Waals surface area contributed by atoms with E-state index in [1.54, 1.807) is 20.3 Å². The average molecular weight is 950 g/mol. The third-order valence-electron chi connectivity index (χ3n) is 10.4. The summed E-state index contributed by atoms with van der Waals surface area (Å²) < 4.78 is 53.0. The van der Waals surface area contributed by atoms with Gasteiger partial charge >= 0.3 is 12.1 Å². The lowest BCUT2D eigenvalue weighted by Crippen LogP contribution is -2.31. The number of aromatic nitrogens is 7. The van der Waals surface area contributed by atoms with E-state index in [1.807, 2.05) is 38.1 Å². The predicted molar refractivity (Wildman–Crippen MR) is 250 cm³/mol. The minimum Gasteiger partial charge on any atom is -0.370 e. The number of sulfone groups is 2. The van der Waals surface area contributed by atoms with Crippen molar-refractivity contribution in [1.82, 2.24) is 34.3 Å². The molecule has 4 amide bonds. The van der Waals surface area contributed by atoms with Gasteiger partial charge in [0.2, 0.25) is 30.0 Å². The van der Waals surface area contributed by atoms with Gasteiger partial charge in [-0.15, -0.1) is 32.9 Å². The van der Waals surface area contributed by atoms with Gasteiger partial charge in [0.15, 0.2) is 10.3 Å². The maximum absolute atomic E-state index is 12.6. The first-order chi connectivity index (χ1) is 30.6. The van der Waals surface area contributed by atoms with E-state index in [2.05, 4.69) is 68.3 Å². The zero-order valence-corrected chi connectivity index (χ0v) is 39.2. The summed E-state index contributed by atoms with van der Waals surface area (Å²) in [5.41, 5.74) is 5.76. The number of benzene rings is 2. The third kappa shape index (κ3) is 11.8. The van der Waals surface area contributed by atoms with Gasteiger partial charge in [0.1, 0.15) is 6.33 Å². The highest BCUT2D eigenvalue weighted by atomic mass is 32.2. The molecule has 2 saturated heterocycles. The smallest absolute Gasteiger partial charge is 0.325 e. The number of carbonyl (C=O) groups is 2. The Bertz CT molecular complexity index is 2620. The van der Waals surface area contributed by atoms with E-state index in [0.29, 0.717) is 20.0 Å². The fourth-order valence-electron chi connectivity index (χ4n) is 7.36. The lowest BCUT2D eigenvalue weighted by molar-refractivity contribution is 0.261. The molecular formula is C41H51N13O6S4. The molecule has 0 atom stereocenters. The molecular weight excluding hydrogens is 899 g/mol. The highest BCUT2D eigenvalue weighted by molar-refractivity contribution is 7.90. The van der Waals surface area contributed by atoms with Crippen molar-refractivity contribution in [2.75, 3.05) is 57.2 Å². The van der Waals surface area contributed by atoms with Crippen LogP contribution in [-0.4, -0.2) is 89.4 Å². The van der Waals surface area contributed by atoms with Crippen LogP contribution in [-0.2, 0) is 45.3 Å². The standard InChI is InChI=1S/C21H26N6O3S2.C20H25N7O3S2/c1-15-6-7-17(18(12-15)27-9-4-3-5-10-27)24-19(28)25-20-23-13-16(31-20)14-32(29,30)21-22-8-11-26(21)2;1-14-6-7-16(17(10-14)27-8-4-3-5-9-27)23-18(28)24-19-21-11-15(31-19)12-32(29,30)20-25-22-13-26(20)2/h6-8,11-13H,3-5,9-10,14H2,1-2H3,(H2,23,24,25,28);6-7,10-11,13H,3-5,8-9,12H2,1-2H3,(H2,21,23,24,28). The molecule has 23 heteroatoms. The molecule has 19 nitrogen and oxygen atoms in total. The minimum atomic E-state index is -3.66. The summed E-state index contributed by atoms with van der Waals surface area (Å²) in [5.74, 6) is -0.493. The number of hydrogen-bond donors (Lipinski definition) is 4. The van der Waals surface area contributed by atoms with Crippen LogP contribution in [0.5, 0.6) is 0 Å². The van der Waals surface area contributed by atoms with Gasteiger partial charge in [0.25, 0.3) is 0 Å². The molecule has 2 aromatic carbocycles. The zero-order valence-electron chi connectivity index (χ0n) is 35.9. The number of nitrogens with one attached hydrogen (secondary N) is 4. The second-order valence-corrected chi connectivity index (χ2v) is 21.6. The Morgan fingerprint density at radius 1 is 0.625 bits per heavy atom. The summed E-state index contributed by atoms with van der Waals surface area (Å²) in [6.07, 6.45) is 14.3. The molecule has 340 valence electrons. The van der Waals surface area contributed by atoms with Crippen LogP contribution < -0.4 is 31.1 Å². The summed E-state index contributed by atoms with van der Waals surface area (Å²) >= 11 is 2.23. The number of imidazole rings is 1. The van der Waals surface area contributed by atoms with Gasteiger partial charge in [-0.3, -0.25) is 10.6 Å². The minimum absolute atomic E-state index is 0.00256. The van der Waals surface area contributed by atoms with Crippen LogP contribution in [0.2, 0.25) is 0 Å². The summed E-state index contributed by atoms with van der Waals surface area (Å²) in [6, 6.07) is 11.1. The first kappa shape index (κ1) is 46.1. The van der Waals surface area contributed by atoms with E-state index < -0.39 is 31.7 Å². The van der Waals surface area contributed by atoms with Crippen molar-refractivity contribution in [3.05, 3.63) is 88.4 Å². The van der Waals surface area contributed by atoms with Crippen molar-refractivity contribution in [3.63, 3.8) is 0 Å². The van der Waals surface area contributed by atoms with Crippen molar-refractivity contribution in [2.45, 2.75) is 74.2 Å². The van der Waals surface area contributed by atoms with E-state index >= 15 is 0 Å². The normalized spacial score (nSPS) is 14.4. The highest BCUT2D eigenvalue weighted by Gasteiger charge is 2.25. The number of rotatable bonds is 12. The summed E-state index contributed by atoms with van der Waals surface area (Å²) in [7, 11) is -4.06. The van der Waals surface area contributed by atoms with Crippen LogP contribution in [0, 0.1) is 13.8 Å². The molecule has 2 aliphatic heterocycles. The molecule has 8 rings (SSSR count). The Kier molecular flexibility index (Phi) is 14.6. The lowest BCUT2D eigenvalue weighted by atomic mass is 10.1. The quantitative estimate of drug-likeness (QED) is 0.0971. The number of carbonyl (C=O) groups excluding carboxylic acids is 2. The second kappa shape index (κ2) is 20.3. The van der Waals surface area contributed by atoms with Gasteiger partial charge in [-0.1, -0.05) is 12.1 Å². The maximum Gasteiger partial charge on any atom is 0.325 e. The fourth-order valence-corrected chi connectivity index (χ4v) is 12.5. The molecule has 6 aromatic rings. The molecule has 2 aliphatic rings. The molecule has 2 fully saturated rings. The van der Waals surface area contributed by atoms with E-state index in [9.17, 15) is 26.4 Å². The van der Waals surface area contributed by atoms with E-state index in [4.69, 9.17) is 0 Å². The predicted octanol–water partition coefficient (Wildman–Crippen LogP) is 6.98. The fraction of sp³-hybridized carbons (Fsp3) is 0.390. The van der Waals surface area contributed by atoms with Crippen LogP contribution in [0.4, 0.5) is 42.6 Å². The van der Waals surface area contributed by atoms with Crippen molar-refractivity contribution in [3.8, 4) is 0 Å². The van der Waals surface area contributed by atoms with Crippen LogP contribution in [0.3, 0.4) is 0 Å². The van der Waals surface area contributed by atoms with Crippen LogP contribution in [0.15, 0.2) is 77.8 Å². The molecule has 64 heavy (non-hydrogen) atoms. The number of thiazole rings is 2. The first-order valence-electron chi connectivity index (χ1n) is 20.7. The number of amides is 4. The van der Waals surface area contributed by atoms with Gasteiger partial charge in [-0.2, -0.15) is 0 Å². The van der Waals surface area contributed by atoms with Crippen molar-refractivity contribution in [2.24, 2.45) is 14.1 Å². The Hall–Kier alpha value is -5.91. The average Bonchev–Trinajstić information content (AvgIpc) is 4.10. The van der Waals surface area contributed by atoms with Crippen molar-refractivity contribution in [1.29, 1.82) is 0 Å². The molecule has 0 saturated carbocycles. The molecule has 0 radical (unpaired) electrons. The Morgan fingerprint density at radius 2 is 1.09 bits per heavy atom. The van der Waals surface area contributed by atoms with E-state index in [0.717, 1.165) is 108 Å². The molecule has 6 heterocycles. The maximum atomic E-state index is 12.6. The Labute approximate surface area is 380 Å². The second-order valence-electron chi connectivity index (χ2n) is 15.6. The van der Waals surface area contributed by atoms with Crippen molar-refractivity contribution >= 4 is 87.4 Å². The molecule has 0 aliphatic carbocycles. The van der Waals surface area contributed by atoms with Gasteiger partial charge < -0.3 is 29.6 Å². The number of anilines is 6. The van der Waals surface area contributed by atoms with Crippen LogP contribution in [0.1, 0.15) is 59.4 Å². The van der Waals surface area contributed by atoms with E-state index in [-0.39, 0.29) is 21.8 Å². The summed E-state index contributed by atoms with van der Waals surface area (Å²) in [4.78, 5) is 43.1. The molecule has 4 N–H and O–H groups in total. The highest BCUT2D eigenvalue weighted by Crippen LogP contribution is 2.32. The van der Waals surface area contributed by atoms with E-state index in [1.165, 1.54) is 46.9 Å². The number of piperidine rings is 2. The van der Waals surface area contributed by atoms with Gasteiger partial charge in [0.05, 0.1) is 34.3 Å². The van der Waals surface area contributed by atoms with Crippen molar-refractivity contribution < 1.29 is 26.4 Å². The number of nitrogens with zero attached hydrogens (tertiary/aromatic N) is 9. The topological polar surface area (TPSA) is 231 Å².